The predicted octanol–water partition coefficient (Wildman–Crippen LogP) is 4.81. The highest BCUT2D eigenvalue weighted by Crippen LogP contribution is 2.32. The molecule has 0 aliphatic heterocycles. The van der Waals surface area contributed by atoms with Crippen LogP contribution in [0.4, 0.5) is 0 Å². The fourth-order valence-electron chi connectivity index (χ4n) is 3.17. The summed E-state index contributed by atoms with van der Waals surface area (Å²) in [6, 6.07) is 8.79. The molecule has 2 unspecified atom stereocenters. The maximum Gasteiger partial charge on any atom is 0.0178 e. The molecule has 1 aliphatic rings. The average Bonchev–Trinajstić information content (AvgIpc) is 2.48. The van der Waals surface area contributed by atoms with Crippen molar-refractivity contribution in [3.63, 3.8) is 0 Å². The quantitative estimate of drug-likeness (QED) is 0.742. The third-order valence-corrected chi connectivity index (χ3v) is 5.21. The standard InChI is InChI=1S/C17H28NP/c18-13-15-9-11-16(12-10-15)17(19)8-4-7-14-5-2-1-3-6-14/h9-12,14,17H,1-8,13,18-19H2. The van der Waals surface area contributed by atoms with E-state index in [0.29, 0.717) is 12.2 Å². The molecular weight excluding hydrogens is 249 g/mol. The monoisotopic (exact) mass is 277 g/mol. The van der Waals surface area contributed by atoms with Gasteiger partial charge in [0.2, 0.25) is 0 Å². The molecule has 0 aromatic heterocycles. The van der Waals surface area contributed by atoms with Crippen molar-refractivity contribution in [3.8, 4) is 0 Å². The molecule has 1 saturated carbocycles. The molecule has 106 valence electrons. The Bertz CT molecular complexity index is 354. The van der Waals surface area contributed by atoms with Crippen molar-refractivity contribution in [2.24, 2.45) is 11.7 Å². The Morgan fingerprint density at radius 1 is 1.11 bits per heavy atom. The highest BCUT2D eigenvalue weighted by atomic mass is 31.0. The lowest BCUT2D eigenvalue weighted by Crippen LogP contribution is -2.06. The zero-order valence-corrected chi connectivity index (χ0v) is 13.1. The van der Waals surface area contributed by atoms with E-state index < -0.39 is 0 Å². The molecule has 1 nitrogen and oxygen atoms in total. The summed E-state index contributed by atoms with van der Waals surface area (Å²) in [5.74, 6) is 1.02. The van der Waals surface area contributed by atoms with Gasteiger partial charge < -0.3 is 5.73 Å². The molecule has 0 saturated heterocycles. The van der Waals surface area contributed by atoms with Gasteiger partial charge in [-0.05, 0) is 29.1 Å². The van der Waals surface area contributed by atoms with Gasteiger partial charge >= 0.3 is 0 Å². The molecule has 0 heterocycles. The van der Waals surface area contributed by atoms with Gasteiger partial charge in [0, 0.05) is 6.54 Å². The Morgan fingerprint density at radius 2 is 1.79 bits per heavy atom. The van der Waals surface area contributed by atoms with Crippen LogP contribution < -0.4 is 5.73 Å². The zero-order chi connectivity index (χ0) is 13.5. The fraction of sp³-hybridized carbons (Fsp3) is 0.647. The highest BCUT2D eigenvalue weighted by molar-refractivity contribution is 7.17. The molecule has 1 aromatic rings. The average molecular weight is 277 g/mol. The Hall–Kier alpha value is -0.390. The van der Waals surface area contributed by atoms with Crippen molar-refractivity contribution in [2.45, 2.75) is 63.6 Å². The van der Waals surface area contributed by atoms with Crippen LogP contribution >= 0.6 is 9.24 Å². The van der Waals surface area contributed by atoms with E-state index in [1.165, 1.54) is 62.5 Å². The molecule has 1 aliphatic carbocycles. The van der Waals surface area contributed by atoms with Crippen molar-refractivity contribution in [3.05, 3.63) is 35.4 Å². The van der Waals surface area contributed by atoms with E-state index in [2.05, 4.69) is 33.5 Å². The van der Waals surface area contributed by atoms with Crippen molar-refractivity contribution < 1.29 is 0 Å². The first-order valence-electron chi connectivity index (χ1n) is 7.84. The lowest BCUT2D eigenvalue weighted by Gasteiger charge is -2.22. The van der Waals surface area contributed by atoms with Gasteiger partial charge in [-0.1, -0.05) is 69.2 Å². The first-order valence-corrected chi connectivity index (χ1v) is 8.50. The number of nitrogens with two attached hydrogens (primary N) is 1. The Morgan fingerprint density at radius 3 is 2.42 bits per heavy atom. The molecule has 0 radical (unpaired) electrons. The first kappa shape index (κ1) is 15.0. The molecule has 0 amide bonds. The van der Waals surface area contributed by atoms with E-state index in [-0.39, 0.29) is 0 Å². The van der Waals surface area contributed by atoms with Crippen LogP contribution in [-0.2, 0) is 6.54 Å². The van der Waals surface area contributed by atoms with Crippen molar-refractivity contribution in [1.82, 2.24) is 0 Å². The van der Waals surface area contributed by atoms with Crippen LogP contribution in [0.15, 0.2) is 24.3 Å². The van der Waals surface area contributed by atoms with Crippen LogP contribution in [0.2, 0.25) is 0 Å². The minimum Gasteiger partial charge on any atom is -0.326 e. The second kappa shape index (κ2) is 8.02. The normalized spacial score (nSPS) is 18.4. The summed E-state index contributed by atoms with van der Waals surface area (Å²) in [6.45, 7) is 0.642. The van der Waals surface area contributed by atoms with E-state index in [1.54, 1.807) is 0 Å². The molecule has 19 heavy (non-hydrogen) atoms. The lowest BCUT2D eigenvalue weighted by atomic mass is 9.85. The number of hydrogen-bond donors (Lipinski definition) is 1. The molecule has 0 bridgehead atoms. The van der Waals surface area contributed by atoms with E-state index >= 15 is 0 Å². The van der Waals surface area contributed by atoms with Crippen molar-refractivity contribution in [2.75, 3.05) is 0 Å². The van der Waals surface area contributed by atoms with Gasteiger partial charge in [-0.3, -0.25) is 0 Å². The summed E-state index contributed by atoms with van der Waals surface area (Å²) in [6.07, 6.45) is 11.5. The maximum atomic E-state index is 5.63. The van der Waals surface area contributed by atoms with Crippen LogP contribution in [0.5, 0.6) is 0 Å². The van der Waals surface area contributed by atoms with Crippen molar-refractivity contribution in [1.29, 1.82) is 0 Å². The maximum absolute atomic E-state index is 5.63. The third-order valence-electron chi connectivity index (χ3n) is 4.50. The molecule has 2 N–H and O–H groups in total. The summed E-state index contributed by atoms with van der Waals surface area (Å²) in [7, 11) is 3.01. The zero-order valence-electron chi connectivity index (χ0n) is 12.0. The highest BCUT2D eigenvalue weighted by Gasteiger charge is 2.13. The summed E-state index contributed by atoms with van der Waals surface area (Å²) in [4.78, 5) is 0. The van der Waals surface area contributed by atoms with Crippen LogP contribution in [-0.4, -0.2) is 0 Å². The number of rotatable bonds is 6. The molecule has 1 fully saturated rings. The van der Waals surface area contributed by atoms with Crippen LogP contribution in [0.3, 0.4) is 0 Å². The molecule has 2 rings (SSSR count). The van der Waals surface area contributed by atoms with Crippen LogP contribution in [0.25, 0.3) is 0 Å². The predicted molar refractivity (Wildman–Crippen MR) is 87.2 cm³/mol. The first-order chi connectivity index (χ1) is 9.29. The topological polar surface area (TPSA) is 26.0 Å². The van der Waals surface area contributed by atoms with Gasteiger partial charge in [-0.25, -0.2) is 0 Å². The summed E-state index contributed by atoms with van der Waals surface area (Å²) in [5, 5.41) is 0. The van der Waals surface area contributed by atoms with E-state index in [1.807, 2.05) is 0 Å². The van der Waals surface area contributed by atoms with Gasteiger partial charge in [-0.2, -0.15) is 0 Å². The SMILES string of the molecule is NCc1ccc(C(P)CCCC2CCCCC2)cc1. The van der Waals surface area contributed by atoms with E-state index in [4.69, 9.17) is 5.73 Å². The Balaban J connectivity index is 1.72. The second-order valence-electron chi connectivity index (χ2n) is 5.99. The second-order valence-corrected chi connectivity index (χ2v) is 6.79. The Labute approximate surface area is 120 Å². The van der Waals surface area contributed by atoms with Gasteiger partial charge in [0.15, 0.2) is 0 Å². The minimum atomic E-state index is 0.607. The third kappa shape index (κ3) is 4.89. The molecule has 2 atom stereocenters. The lowest BCUT2D eigenvalue weighted by molar-refractivity contribution is 0.329. The van der Waals surface area contributed by atoms with E-state index in [0.717, 1.165) is 5.92 Å². The summed E-state index contributed by atoms with van der Waals surface area (Å²) >= 11 is 0. The number of benzene rings is 1. The Kier molecular flexibility index (Phi) is 6.34. The van der Waals surface area contributed by atoms with Crippen LogP contribution in [0.1, 0.15) is 68.2 Å². The summed E-state index contributed by atoms with van der Waals surface area (Å²) in [5.41, 5.74) is 8.90. The summed E-state index contributed by atoms with van der Waals surface area (Å²) < 4.78 is 0. The largest absolute Gasteiger partial charge is 0.326 e. The van der Waals surface area contributed by atoms with Gasteiger partial charge in [0.25, 0.3) is 0 Å². The molecule has 0 spiro atoms. The van der Waals surface area contributed by atoms with Gasteiger partial charge in [0.05, 0.1) is 0 Å². The molecule has 2 heteroatoms. The van der Waals surface area contributed by atoms with Crippen LogP contribution in [0, 0.1) is 5.92 Å². The molecular formula is C17H28NP. The van der Waals surface area contributed by atoms with E-state index in [9.17, 15) is 0 Å². The van der Waals surface area contributed by atoms with Gasteiger partial charge in [0.1, 0.15) is 0 Å². The number of hydrogen-bond acceptors (Lipinski definition) is 1. The fourth-order valence-corrected chi connectivity index (χ4v) is 3.63. The van der Waals surface area contributed by atoms with Crippen molar-refractivity contribution >= 4 is 9.24 Å². The smallest absolute Gasteiger partial charge is 0.0178 e. The minimum absolute atomic E-state index is 0.607. The molecule has 1 aromatic carbocycles. The van der Waals surface area contributed by atoms with Gasteiger partial charge in [-0.15, -0.1) is 9.24 Å².